The van der Waals surface area contributed by atoms with Gasteiger partial charge in [0.15, 0.2) is 5.78 Å². The van der Waals surface area contributed by atoms with Gasteiger partial charge in [0.1, 0.15) is 18.1 Å². The number of benzene rings is 2. The molecule has 0 aliphatic heterocycles. The predicted octanol–water partition coefficient (Wildman–Crippen LogP) is 3.33. The Balaban J connectivity index is 2.09. The summed E-state index contributed by atoms with van der Waals surface area (Å²) < 4.78 is 10.7. The molecule has 0 aliphatic carbocycles. The van der Waals surface area contributed by atoms with Crippen LogP contribution in [0.3, 0.4) is 0 Å². The van der Waals surface area contributed by atoms with Crippen molar-refractivity contribution in [2.45, 2.75) is 6.92 Å². The van der Waals surface area contributed by atoms with E-state index in [1.54, 1.807) is 25.3 Å². The van der Waals surface area contributed by atoms with Crippen molar-refractivity contribution in [3.63, 3.8) is 0 Å². The van der Waals surface area contributed by atoms with Crippen molar-refractivity contribution >= 4 is 5.78 Å². The summed E-state index contributed by atoms with van der Waals surface area (Å²) in [7, 11) is 1.57. The van der Waals surface area contributed by atoms with Gasteiger partial charge in [-0.1, -0.05) is 30.0 Å². The van der Waals surface area contributed by atoms with Crippen molar-refractivity contribution in [2.75, 3.05) is 13.7 Å². The Morgan fingerprint density at radius 1 is 1.14 bits per heavy atom. The molecule has 0 saturated carbocycles. The fourth-order valence-corrected chi connectivity index (χ4v) is 1.81. The zero-order valence-corrected chi connectivity index (χ0v) is 12.1. The average molecular weight is 280 g/mol. The maximum atomic E-state index is 11.6. The summed E-state index contributed by atoms with van der Waals surface area (Å²) in [5, 5.41) is 0. The molecule has 0 atom stereocenters. The summed E-state index contributed by atoms with van der Waals surface area (Å²) >= 11 is 0. The molecular formula is C18H16O3. The van der Waals surface area contributed by atoms with Gasteiger partial charge in [-0.2, -0.15) is 0 Å². The third-order valence-electron chi connectivity index (χ3n) is 2.87. The van der Waals surface area contributed by atoms with Gasteiger partial charge in [-0.3, -0.25) is 4.79 Å². The molecule has 0 unspecified atom stereocenters. The van der Waals surface area contributed by atoms with E-state index in [4.69, 9.17) is 9.47 Å². The second-order valence-electron chi connectivity index (χ2n) is 4.37. The van der Waals surface area contributed by atoms with Crippen molar-refractivity contribution in [3.8, 4) is 23.3 Å². The lowest BCUT2D eigenvalue weighted by molar-refractivity contribution is 0.101. The Kier molecular flexibility index (Phi) is 5.00. The maximum absolute atomic E-state index is 11.6. The van der Waals surface area contributed by atoms with Gasteiger partial charge in [-0.15, -0.1) is 0 Å². The number of hydrogen-bond acceptors (Lipinski definition) is 3. The van der Waals surface area contributed by atoms with Crippen molar-refractivity contribution in [1.29, 1.82) is 0 Å². The van der Waals surface area contributed by atoms with Gasteiger partial charge in [0.2, 0.25) is 0 Å². The summed E-state index contributed by atoms with van der Waals surface area (Å²) in [6.07, 6.45) is 0. The molecule has 0 aliphatic rings. The van der Waals surface area contributed by atoms with E-state index in [9.17, 15) is 4.79 Å². The van der Waals surface area contributed by atoms with Gasteiger partial charge in [-0.25, -0.2) is 0 Å². The van der Waals surface area contributed by atoms with Gasteiger partial charge >= 0.3 is 0 Å². The molecule has 3 heteroatoms. The van der Waals surface area contributed by atoms with Crippen LogP contribution in [0.2, 0.25) is 0 Å². The fourth-order valence-electron chi connectivity index (χ4n) is 1.81. The topological polar surface area (TPSA) is 35.5 Å². The number of hydrogen-bond donors (Lipinski definition) is 0. The Labute approximate surface area is 124 Å². The number of ketones is 1. The Bertz CT molecular complexity index is 679. The number of carbonyl (C=O) groups is 1. The highest BCUT2D eigenvalue weighted by molar-refractivity contribution is 5.97. The van der Waals surface area contributed by atoms with Crippen LogP contribution in [0.5, 0.6) is 11.5 Å². The molecule has 2 aromatic carbocycles. The van der Waals surface area contributed by atoms with Crippen molar-refractivity contribution in [2.24, 2.45) is 0 Å². The van der Waals surface area contributed by atoms with Crippen molar-refractivity contribution in [3.05, 3.63) is 59.7 Å². The summed E-state index contributed by atoms with van der Waals surface area (Å²) in [5.74, 6) is 7.01. The lowest BCUT2D eigenvalue weighted by atomic mass is 10.1. The van der Waals surface area contributed by atoms with Crippen LogP contribution in [0.25, 0.3) is 0 Å². The second kappa shape index (κ2) is 7.16. The molecule has 0 bridgehead atoms. The standard InChI is InChI=1S/C18H16O3/c1-14(19)17-11-10-16(20-2)13-18(17)21-12-6-9-15-7-4-3-5-8-15/h3-5,7-8,10-11,13H,12H2,1-2H3. The molecule has 0 saturated heterocycles. The molecule has 21 heavy (non-hydrogen) atoms. The highest BCUT2D eigenvalue weighted by Gasteiger charge is 2.09. The number of rotatable bonds is 4. The first kappa shape index (κ1) is 14.7. The largest absolute Gasteiger partial charge is 0.497 e. The Morgan fingerprint density at radius 2 is 1.90 bits per heavy atom. The van der Waals surface area contributed by atoms with Crippen LogP contribution in [0.4, 0.5) is 0 Å². The molecule has 0 radical (unpaired) electrons. The lowest BCUT2D eigenvalue weighted by Gasteiger charge is -2.09. The number of ether oxygens (including phenoxy) is 2. The van der Waals surface area contributed by atoms with Crippen molar-refractivity contribution in [1.82, 2.24) is 0 Å². The molecular weight excluding hydrogens is 264 g/mol. The minimum atomic E-state index is -0.0522. The zero-order chi connectivity index (χ0) is 15.1. The first-order valence-corrected chi connectivity index (χ1v) is 6.56. The third kappa shape index (κ3) is 4.12. The van der Waals surface area contributed by atoms with Crippen LogP contribution in [-0.4, -0.2) is 19.5 Å². The van der Waals surface area contributed by atoms with E-state index in [2.05, 4.69) is 11.8 Å². The molecule has 0 spiro atoms. The van der Waals surface area contributed by atoms with E-state index in [1.165, 1.54) is 6.92 Å². The molecule has 2 aromatic rings. The molecule has 3 nitrogen and oxygen atoms in total. The molecule has 0 aromatic heterocycles. The van der Waals surface area contributed by atoms with Crippen molar-refractivity contribution < 1.29 is 14.3 Å². The molecule has 0 heterocycles. The summed E-state index contributed by atoms with van der Waals surface area (Å²) in [6.45, 7) is 1.71. The molecule has 2 rings (SSSR count). The fraction of sp³-hybridized carbons (Fsp3) is 0.167. The van der Waals surface area contributed by atoms with E-state index in [0.717, 1.165) is 5.56 Å². The monoisotopic (exact) mass is 280 g/mol. The van der Waals surface area contributed by atoms with Crippen LogP contribution in [0.15, 0.2) is 48.5 Å². The molecule has 0 N–H and O–H groups in total. The molecule has 106 valence electrons. The minimum Gasteiger partial charge on any atom is -0.497 e. The summed E-state index contributed by atoms with van der Waals surface area (Å²) in [4.78, 5) is 11.6. The molecule has 0 fully saturated rings. The van der Waals surface area contributed by atoms with E-state index in [-0.39, 0.29) is 12.4 Å². The Hall–Kier alpha value is -2.73. The average Bonchev–Trinajstić information content (AvgIpc) is 2.52. The summed E-state index contributed by atoms with van der Waals surface area (Å²) in [5.41, 5.74) is 1.45. The van der Waals surface area contributed by atoms with E-state index < -0.39 is 0 Å². The van der Waals surface area contributed by atoms with Crippen LogP contribution in [-0.2, 0) is 0 Å². The van der Waals surface area contributed by atoms with Gasteiger partial charge in [0, 0.05) is 11.6 Å². The first-order chi connectivity index (χ1) is 10.2. The zero-order valence-electron chi connectivity index (χ0n) is 12.1. The van der Waals surface area contributed by atoms with Gasteiger partial charge < -0.3 is 9.47 Å². The van der Waals surface area contributed by atoms with E-state index in [0.29, 0.717) is 17.1 Å². The normalized spacial score (nSPS) is 9.43. The highest BCUT2D eigenvalue weighted by atomic mass is 16.5. The van der Waals surface area contributed by atoms with Crippen LogP contribution in [0.1, 0.15) is 22.8 Å². The molecule has 0 amide bonds. The third-order valence-corrected chi connectivity index (χ3v) is 2.87. The van der Waals surface area contributed by atoms with E-state index >= 15 is 0 Å². The highest BCUT2D eigenvalue weighted by Crippen LogP contribution is 2.25. The van der Waals surface area contributed by atoms with Gasteiger partial charge in [0.25, 0.3) is 0 Å². The quantitative estimate of drug-likeness (QED) is 0.636. The SMILES string of the molecule is COc1ccc(C(C)=O)c(OCC#Cc2ccccc2)c1. The lowest BCUT2D eigenvalue weighted by Crippen LogP contribution is -2.02. The summed E-state index contributed by atoms with van der Waals surface area (Å²) in [6, 6.07) is 14.8. The minimum absolute atomic E-state index is 0.0522. The smallest absolute Gasteiger partial charge is 0.163 e. The van der Waals surface area contributed by atoms with E-state index in [1.807, 2.05) is 30.3 Å². The van der Waals surface area contributed by atoms with Gasteiger partial charge in [0.05, 0.1) is 12.7 Å². The number of carbonyl (C=O) groups excluding carboxylic acids is 1. The van der Waals surface area contributed by atoms with Crippen LogP contribution >= 0.6 is 0 Å². The number of methoxy groups -OCH3 is 1. The van der Waals surface area contributed by atoms with Crippen LogP contribution < -0.4 is 9.47 Å². The Morgan fingerprint density at radius 3 is 2.57 bits per heavy atom. The maximum Gasteiger partial charge on any atom is 0.163 e. The predicted molar refractivity (Wildman–Crippen MR) is 81.8 cm³/mol. The van der Waals surface area contributed by atoms with Gasteiger partial charge in [-0.05, 0) is 31.2 Å². The second-order valence-corrected chi connectivity index (χ2v) is 4.37. The first-order valence-electron chi connectivity index (χ1n) is 6.56. The van der Waals surface area contributed by atoms with Crippen LogP contribution in [0, 0.1) is 11.8 Å². The number of Topliss-reactive ketones (excluding diaryl/α,β-unsaturated/α-hetero) is 1.